The Balaban J connectivity index is 1.67. The number of carbonyl (C=O) groups excluding carboxylic acids is 1. The average Bonchev–Trinajstić information content (AvgIpc) is 2.64. The van der Waals surface area contributed by atoms with Crippen molar-refractivity contribution in [1.82, 2.24) is 9.97 Å². The second-order valence-electron chi connectivity index (χ2n) is 5.78. The topological polar surface area (TPSA) is 66.9 Å². The maximum atomic E-state index is 12.5. The van der Waals surface area contributed by atoms with Crippen LogP contribution in [0.2, 0.25) is 5.02 Å². The first-order chi connectivity index (χ1) is 12.6. The lowest BCUT2D eigenvalue weighted by atomic mass is 10.1. The highest BCUT2D eigenvalue weighted by atomic mass is 35.5. The summed E-state index contributed by atoms with van der Waals surface area (Å²) in [6, 6.07) is 18.9. The van der Waals surface area contributed by atoms with Crippen LogP contribution in [0.3, 0.4) is 0 Å². The van der Waals surface area contributed by atoms with Gasteiger partial charge in [-0.05, 0) is 31.0 Å². The fourth-order valence-corrected chi connectivity index (χ4v) is 2.69. The Kier molecular flexibility index (Phi) is 5.81. The molecule has 0 fully saturated rings. The van der Waals surface area contributed by atoms with Crippen molar-refractivity contribution >= 4 is 29.0 Å². The molecule has 2 aromatic carbocycles. The Morgan fingerprint density at radius 1 is 1.04 bits per heavy atom. The molecule has 1 amide bonds. The minimum atomic E-state index is -0.324. The number of aryl methyl sites for hydroxylation is 1. The summed E-state index contributed by atoms with van der Waals surface area (Å²) in [5.74, 6) is 0.825. The molecule has 0 saturated carbocycles. The van der Waals surface area contributed by atoms with Crippen LogP contribution in [0.4, 0.5) is 11.5 Å². The number of rotatable bonds is 6. The number of nitrogens with one attached hydrogen (secondary N) is 2. The second-order valence-corrected chi connectivity index (χ2v) is 6.19. The number of hydrogen-bond acceptors (Lipinski definition) is 4. The first-order valence-corrected chi connectivity index (χ1v) is 8.69. The zero-order valence-corrected chi connectivity index (χ0v) is 15.1. The van der Waals surface area contributed by atoms with E-state index >= 15 is 0 Å². The van der Waals surface area contributed by atoms with Crippen LogP contribution in [-0.4, -0.2) is 22.4 Å². The summed E-state index contributed by atoms with van der Waals surface area (Å²) in [4.78, 5) is 21.0. The van der Waals surface area contributed by atoms with Gasteiger partial charge in [0, 0.05) is 12.6 Å². The van der Waals surface area contributed by atoms with E-state index in [2.05, 4.69) is 32.7 Å². The molecule has 6 heteroatoms. The van der Waals surface area contributed by atoms with Gasteiger partial charge in [-0.15, -0.1) is 0 Å². The minimum absolute atomic E-state index is 0.291. The second kappa shape index (κ2) is 8.45. The largest absolute Gasteiger partial charge is 0.370 e. The normalized spacial score (nSPS) is 10.4. The van der Waals surface area contributed by atoms with Crippen LogP contribution in [0.15, 0.2) is 60.7 Å². The van der Waals surface area contributed by atoms with E-state index in [4.69, 9.17) is 11.6 Å². The number of benzene rings is 2. The molecule has 1 aromatic heterocycles. The maximum absolute atomic E-state index is 12.5. The highest BCUT2D eigenvalue weighted by Gasteiger charge is 2.12. The molecule has 132 valence electrons. The van der Waals surface area contributed by atoms with E-state index in [0.717, 1.165) is 6.42 Å². The van der Waals surface area contributed by atoms with E-state index in [-0.39, 0.29) is 5.91 Å². The summed E-state index contributed by atoms with van der Waals surface area (Å²) in [5.41, 5.74) is 2.08. The number of aromatic nitrogens is 2. The summed E-state index contributed by atoms with van der Waals surface area (Å²) in [6.45, 7) is 2.47. The third-order valence-corrected chi connectivity index (χ3v) is 4.08. The SMILES string of the molecule is Cc1nc(NCCc2ccccc2)cc(C(=O)Nc2ccccc2Cl)n1. The third-order valence-electron chi connectivity index (χ3n) is 3.76. The highest BCUT2D eigenvalue weighted by molar-refractivity contribution is 6.33. The Labute approximate surface area is 157 Å². The molecule has 3 aromatic rings. The van der Waals surface area contributed by atoms with Crippen LogP contribution in [-0.2, 0) is 6.42 Å². The molecule has 0 spiro atoms. The lowest BCUT2D eigenvalue weighted by Crippen LogP contribution is -2.16. The number of nitrogens with zero attached hydrogens (tertiary/aromatic N) is 2. The number of carbonyl (C=O) groups is 1. The molecule has 1 heterocycles. The minimum Gasteiger partial charge on any atom is -0.370 e. The molecule has 3 rings (SSSR count). The lowest BCUT2D eigenvalue weighted by Gasteiger charge is -2.10. The molecule has 0 aliphatic rings. The van der Waals surface area contributed by atoms with E-state index in [1.54, 1.807) is 25.1 Å². The number of hydrogen-bond donors (Lipinski definition) is 2. The zero-order chi connectivity index (χ0) is 18.4. The van der Waals surface area contributed by atoms with E-state index in [0.29, 0.717) is 34.6 Å². The van der Waals surface area contributed by atoms with Crippen LogP contribution < -0.4 is 10.6 Å². The first kappa shape index (κ1) is 17.9. The average molecular weight is 367 g/mol. The van der Waals surface area contributed by atoms with Crippen molar-refractivity contribution in [3.63, 3.8) is 0 Å². The zero-order valence-electron chi connectivity index (χ0n) is 14.4. The van der Waals surface area contributed by atoms with Gasteiger partial charge >= 0.3 is 0 Å². The summed E-state index contributed by atoms with van der Waals surface area (Å²) >= 11 is 6.09. The molecule has 0 saturated heterocycles. The van der Waals surface area contributed by atoms with Gasteiger partial charge in [-0.1, -0.05) is 54.1 Å². The molecule has 0 aliphatic carbocycles. The van der Waals surface area contributed by atoms with Gasteiger partial charge in [-0.25, -0.2) is 9.97 Å². The summed E-state index contributed by atoms with van der Waals surface area (Å²) in [7, 11) is 0. The van der Waals surface area contributed by atoms with Crippen LogP contribution >= 0.6 is 11.6 Å². The Bertz CT molecular complexity index is 899. The molecule has 0 bridgehead atoms. The van der Waals surface area contributed by atoms with Crippen molar-refractivity contribution < 1.29 is 4.79 Å². The van der Waals surface area contributed by atoms with Crippen molar-refractivity contribution in [3.05, 3.63) is 82.8 Å². The van der Waals surface area contributed by atoms with Gasteiger partial charge in [0.05, 0.1) is 10.7 Å². The fraction of sp³-hybridized carbons (Fsp3) is 0.150. The van der Waals surface area contributed by atoms with Gasteiger partial charge in [0.15, 0.2) is 0 Å². The highest BCUT2D eigenvalue weighted by Crippen LogP contribution is 2.21. The number of anilines is 2. The van der Waals surface area contributed by atoms with Gasteiger partial charge in [0.25, 0.3) is 5.91 Å². The Morgan fingerprint density at radius 3 is 2.54 bits per heavy atom. The number of para-hydroxylation sites is 1. The van der Waals surface area contributed by atoms with E-state index in [1.807, 2.05) is 30.3 Å². The van der Waals surface area contributed by atoms with Crippen LogP contribution in [0, 0.1) is 6.92 Å². The predicted octanol–water partition coefficient (Wildman–Crippen LogP) is 4.35. The van der Waals surface area contributed by atoms with Crippen molar-refractivity contribution in [2.75, 3.05) is 17.2 Å². The van der Waals surface area contributed by atoms with Gasteiger partial charge in [0.2, 0.25) is 0 Å². The molecule has 5 nitrogen and oxygen atoms in total. The van der Waals surface area contributed by atoms with E-state index in [1.165, 1.54) is 5.56 Å². The standard InChI is InChI=1S/C20H19ClN4O/c1-14-23-18(20(26)25-17-10-6-5-9-16(17)21)13-19(24-14)22-12-11-15-7-3-2-4-8-15/h2-10,13H,11-12H2,1H3,(H,25,26)(H,22,23,24). The molecule has 26 heavy (non-hydrogen) atoms. The van der Waals surface area contributed by atoms with Gasteiger partial charge < -0.3 is 10.6 Å². The van der Waals surface area contributed by atoms with Crippen LogP contribution in [0.5, 0.6) is 0 Å². The number of amides is 1. The molecular formula is C20H19ClN4O. The van der Waals surface area contributed by atoms with Gasteiger partial charge in [-0.3, -0.25) is 4.79 Å². The molecule has 0 unspecified atom stereocenters. The summed E-state index contributed by atoms with van der Waals surface area (Å²) in [5, 5.41) is 6.50. The molecular weight excluding hydrogens is 348 g/mol. The third kappa shape index (κ3) is 4.80. The Morgan fingerprint density at radius 2 is 1.77 bits per heavy atom. The Hall–Kier alpha value is -2.92. The maximum Gasteiger partial charge on any atom is 0.274 e. The van der Waals surface area contributed by atoms with E-state index in [9.17, 15) is 4.79 Å². The monoisotopic (exact) mass is 366 g/mol. The van der Waals surface area contributed by atoms with Crippen molar-refractivity contribution in [3.8, 4) is 0 Å². The fourth-order valence-electron chi connectivity index (χ4n) is 2.50. The predicted molar refractivity (Wildman–Crippen MR) is 105 cm³/mol. The van der Waals surface area contributed by atoms with Crippen LogP contribution in [0.25, 0.3) is 0 Å². The van der Waals surface area contributed by atoms with E-state index < -0.39 is 0 Å². The van der Waals surface area contributed by atoms with Crippen LogP contribution in [0.1, 0.15) is 21.9 Å². The number of halogens is 1. The van der Waals surface area contributed by atoms with Crippen molar-refractivity contribution in [2.24, 2.45) is 0 Å². The van der Waals surface area contributed by atoms with Gasteiger partial charge in [0.1, 0.15) is 17.3 Å². The molecule has 0 aliphatic heterocycles. The summed E-state index contributed by atoms with van der Waals surface area (Å²) < 4.78 is 0. The smallest absolute Gasteiger partial charge is 0.274 e. The quantitative estimate of drug-likeness (QED) is 0.680. The van der Waals surface area contributed by atoms with Crippen molar-refractivity contribution in [2.45, 2.75) is 13.3 Å². The van der Waals surface area contributed by atoms with Gasteiger partial charge in [-0.2, -0.15) is 0 Å². The molecule has 0 atom stereocenters. The van der Waals surface area contributed by atoms with Crippen molar-refractivity contribution in [1.29, 1.82) is 0 Å². The molecule has 2 N–H and O–H groups in total. The summed E-state index contributed by atoms with van der Waals surface area (Å²) in [6.07, 6.45) is 0.866. The first-order valence-electron chi connectivity index (χ1n) is 8.31. The molecule has 0 radical (unpaired) electrons. The lowest BCUT2D eigenvalue weighted by molar-refractivity contribution is 0.102.